The van der Waals surface area contributed by atoms with E-state index in [-0.39, 0.29) is 10.7 Å². The second-order valence-electron chi connectivity index (χ2n) is 4.29. The van der Waals surface area contributed by atoms with Crippen molar-refractivity contribution in [2.45, 2.75) is 11.9 Å². The van der Waals surface area contributed by atoms with Crippen molar-refractivity contribution in [3.05, 3.63) is 42.1 Å². The minimum atomic E-state index is -3.84. The summed E-state index contributed by atoms with van der Waals surface area (Å²) in [5.74, 6) is 5.98. The molecule has 0 aliphatic carbocycles. The van der Waals surface area contributed by atoms with Crippen LogP contribution >= 0.6 is 0 Å². The lowest BCUT2D eigenvalue weighted by Crippen LogP contribution is -2.19. The molecule has 0 fully saturated rings. The Kier molecular flexibility index (Phi) is 4.29. The van der Waals surface area contributed by atoms with Crippen LogP contribution in [0.4, 0.5) is 11.4 Å². The van der Waals surface area contributed by atoms with E-state index >= 15 is 0 Å². The number of anilines is 2. The van der Waals surface area contributed by atoms with Gasteiger partial charge in [0.05, 0.1) is 12.8 Å². The lowest BCUT2D eigenvalue weighted by atomic mass is 10.2. The third kappa shape index (κ3) is 3.23. The number of nitrogens with two attached hydrogens (primary N) is 1. The summed E-state index contributed by atoms with van der Waals surface area (Å²) in [6.45, 7) is 1.82. The molecule has 0 bridgehead atoms. The van der Waals surface area contributed by atoms with E-state index in [1.54, 1.807) is 31.4 Å². The van der Waals surface area contributed by atoms with Gasteiger partial charge in [-0.1, -0.05) is 0 Å². The van der Waals surface area contributed by atoms with Crippen LogP contribution in [0.25, 0.3) is 0 Å². The Morgan fingerprint density at radius 1 is 1.29 bits per heavy atom. The molecule has 0 spiro atoms. The van der Waals surface area contributed by atoms with Gasteiger partial charge in [-0.2, -0.15) is 8.42 Å². The van der Waals surface area contributed by atoms with E-state index in [4.69, 9.17) is 10.6 Å². The molecule has 7 nitrogen and oxygen atoms in total. The summed E-state index contributed by atoms with van der Waals surface area (Å²) in [7, 11) is -2.28. The summed E-state index contributed by atoms with van der Waals surface area (Å²) in [6.07, 6.45) is 1.38. The lowest BCUT2D eigenvalue weighted by Gasteiger charge is -2.12. The number of nitrogen functional groups attached to an aromatic ring is 1. The maximum Gasteiger partial charge on any atom is 0.281 e. The van der Waals surface area contributed by atoms with Gasteiger partial charge in [0, 0.05) is 11.9 Å². The van der Waals surface area contributed by atoms with Crippen molar-refractivity contribution in [3.63, 3.8) is 0 Å². The topological polar surface area (TPSA) is 106 Å². The van der Waals surface area contributed by atoms with Gasteiger partial charge in [-0.3, -0.25) is 10.6 Å². The molecule has 1 aromatic heterocycles. The Bertz CT molecular complexity index is 747. The van der Waals surface area contributed by atoms with E-state index in [0.717, 1.165) is 5.56 Å². The summed E-state index contributed by atoms with van der Waals surface area (Å²) in [5, 5.41) is -0.166. The summed E-state index contributed by atoms with van der Waals surface area (Å²) < 4.78 is 32.3. The van der Waals surface area contributed by atoms with Gasteiger partial charge in [0.25, 0.3) is 10.0 Å². The van der Waals surface area contributed by atoms with Crippen molar-refractivity contribution in [1.29, 1.82) is 0 Å². The standard InChI is InChI=1S/C13H16N4O3S/c1-9-8-10(5-6-12(9)20-2)17-21(18,19)13-11(16-14)4-3-7-15-13/h3-8,16-17H,14H2,1-2H3. The fourth-order valence-electron chi connectivity index (χ4n) is 1.86. The monoisotopic (exact) mass is 308 g/mol. The lowest BCUT2D eigenvalue weighted by molar-refractivity contribution is 0.412. The highest BCUT2D eigenvalue weighted by Gasteiger charge is 2.20. The molecular weight excluding hydrogens is 292 g/mol. The molecule has 8 heteroatoms. The third-order valence-corrected chi connectivity index (χ3v) is 4.17. The molecule has 4 N–H and O–H groups in total. The van der Waals surface area contributed by atoms with Crippen molar-refractivity contribution < 1.29 is 13.2 Å². The zero-order valence-electron chi connectivity index (χ0n) is 11.6. The summed E-state index contributed by atoms with van der Waals surface area (Å²) in [5.41, 5.74) is 3.77. The predicted octanol–water partition coefficient (Wildman–Crippen LogP) is 1.49. The van der Waals surface area contributed by atoms with Crippen molar-refractivity contribution in [2.24, 2.45) is 5.84 Å². The molecule has 0 atom stereocenters. The Morgan fingerprint density at radius 3 is 2.67 bits per heavy atom. The quantitative estimate of drug-likeness (QED) is 0.570. The number of ether oxygens (including phenoxy) is 1. The zero-order valence-corrected chi connectivity index (χ0v) is 12.4. The Morgan fingerprint density at radius 2 is 2.05 bits per heavy atom. The Labute approximate surface area is 123 Å². The third-order valence-electron chi connectivity index (χ3n) is 2.83. The first-order valence-electron chi connectivity index (χ1n) is 6.07. The molecule has 0 saturated heterocycles. The highest BCUT2D eigenvalue weighted by atomic mass is 32.2. The molecule has 2 aromatic rings. The average Bonchev–Trinajstić information content (AvgIpc) is 2.47. The van der Waals surface area contributed by atoms with Gasteiger partial charge >= 0.3 is 0 Å². The Hall–Kier alpha value is -2.32. The number of rotatable bonds is 5. The van der Waals surface area contributed by atoms with Gasteiger partial charge in [0.2, 0.25) is 5.03 Å². The van der Waals surface area contributed by atoms with Gasteiger partial charge in [0.15, 0.2) is 0 Å². The van der Waals surface area contributed by atoms with Crippen LogP contribution in [0.5, 0.6) is 5.75 Å². The number of hydrogen-bond acceptors (Lipinski definition) is 6. The largest absolute Gasteiger partial charge is 0.496 e. The van der Waals surface area contributed by atoms with Crippen LogP contribution in [0.3, 0.4) is 0 Å². The maximum absolute atomic E-state index is 12.3. The van der Waals surface area contributed by atoms with Crippen molar-refractivity contribution in [2.75, 3.05) is 17.3 Å². The second kappa shape index (κ2) is 5.98. The first-order chi connectivity index (χ1) is 9.97. The molecule has 0 unspecified atom stereocenters. The number of hydrazine groups is 1. The molecule has 0 aliphatic heterocycles. The van der Waals surface area contributed by atoms with Gasteiger partial charge < -0.3 is 10.2 Å². The van der Waals surface area contributed by atoms with Crippen LogP contribution in [0.2, 0.25) is 0 Å². The molecule has 2 rings (SSSR count). The van der Waals surface area contributed by atoms with E-state index in [1.807, 2.05) is 6.92 Å². The zero-order chi connectivity index (χ0) is 15.5. The molecule has 0 aliphatic rings. The summed E-state index contributed by atoms with van der Waals surface area (Å²) in [4.78, 5) is 3.86. The Balaban J connectivity index is 2.35. The fraction of sp³-hybridized carbons (Fsp3) is 0.154. The van der Waals surface area contributed by atoms with Gasteiger partial charge in [0.1, 0.15) is 5.75 Å². The van der Waals surface area contributed by atoms with Gasteiger partial charge in [-0.25, -0.2) is 4.98 Å². The number of benzene rings is 1. The smallest absolute Gasteiger partial charge is 0.281 e. The van der Waals surface area contributed by atoms with Crippen LogP contribution < -0.4 is 20.7 Å². The number of aromatic nitrogens is 1. The van der Waals surface area contributed by atoms with Crippen LogP contribution in [-0.4, -0.2) is 20.5 Å². The highest BCUT2D eigenvalue weighted by Crippen LogP contribution is 2.24. The normalized spacial score (nSPS) is 11.0. The minimum Gasteiger partial charge on any atom is -0.496 e. The number of aryl methyl sites for hydroxylation is 1. The number of nitrogens with zero attached hydrogens (tertiary/aromatic N) is 1. The predicted molar refractivity (Wildman–Crippen MR) is 80.6 cm³/mol. The van der Waals surface area contributed by atoms with Crippen molar-refractivity contribution >= 4 is 21.4 Å². The van der Waals surface area contributed by atoms with Crippen LogP contribution in [-0.2, 0) is 10.0 Å². The van der Waals surface area contributed by atoms with Crippen LogP contribution in [0.15, 0.2) is 41.6 Å². The number of hydrogen-bond donors (Lipinski definition) is 3. The van der Waals surface area contributed by atoms with Crippen LogP contribution in [0.1, 0.15) is 5.56 Å². The first-order valence-corrected chi connectivity index (χ1v) is 7.55. The molecule has 1 heterocycles. The minimum absolute atomic E-state index is 0.166. The van der Waals surface area contributed by atoms with Gasteiger partial charge in [-0.15, -0.1) is 0 Å². The molecule has 0 amide bonds. The molecule has 1 aromatic carbocycles. The number of sulfonamides is 1. The van der Waals surface area contributed by atoms with Crippen molar-refractivity contribution in [3.8, 4) is 5.75 Å². The SMILES string of the molecule is COc1ccc(NS(=O)(=O)c2ncccc2NN)cc1C. The molecule has 21 heavy (non-hydrogen) atoms. The summed E-state index contributed by atoms with van der Waals surface area (Å²) in [6, 6.07) is 8.09. The number of nitrogens with one attached hydrogen (secondary N) is 2. The first kappa shape index (κ1) is 15.1. The van der Waals surface area contributed by atoms with Crippen LogP contribution in [0, 0.1) is 6.92 Å². The van der Waals surface area contributed by atoms with Gasteiger partial charge in [-0.05, 0) is 42.8 Å². The molecular formula is C13H16N4O3S. The van der Waals surface area contributed by atoms with E-state index in [1.165, 1.54) is 12.3 Å². The average molecular weight is 308 g/mol. The highest BCUT2D eigenvalue weighted by molar-refractivity contribution is 7.92. The number of pyridine rings is 1. The summed E-state index contributed by atoms with van der Waals surface area (Å²) >= 11 is 0. The molecule has 0 radical (unpaired) electrons. The molecule has 112 valence electrons. The maximum atomic E-state index is 12.3. The van der Waals surface area contributed by atoms with E-state index in [0.29, 0.717) is 11.4 Å². The molecule has 0 saturated carbocycles. The van der Waals surface area contributed by atoms with E-state index in [9.17, 15) is 8.42 Å². The van der Waals surface area contributed by atoms with E-state index in [2.05, 4.69) is 15.1 Å². The second-order valence-corrected chi connectivity index (χ2v) is 5.89. The fourth-order valence-corrected chi connectivity index (χ4v) is 3.01. The number of methoxy groups -OCH3 is 1. The van der Waals surface area contributed by atoms with Crippen molar-refractivity contribution in [1.82, 2.24) is 4.98 Å². The van der Waals surface area contributed by atoms with E-state index < -0.39 is 10.0 Å².